The highest BCUT2D eigenvalue weighted by atomic mass is 16.4. The van der Waals surface area contributed by atoms with Crippen molar-refractivity contribution in [1.29, 1.82) is 0 Å². The van der Waals surface area contributed by atoms with Gasteiger partial charge in [0.15, 0.2) is 5.58 Å². The molecule has 0 N–H and O–H groups in total. The van der Waals surface area contributed by atoms with Gasteiger partial charge in [-0.15, -0.1) is 0 Å². The number of aromatic nitrogens is 1. The van der Waals surface area contributed by atoms with Crippen LogP contribution in [-0.2, 0) is 0 Å². The van der Waals surface area contributed by atoms with Crippen LogP contribution < -0.4 is 4.90 Å². The molecule has 0 spiro atoms. The Kier molecular flexibility index (Phi) is 6.78. The van der Waals surface area contributed by atoms with Gasteiger partial charge in [0.25, 0.3) is 0 Å². The van der Waals surface area contributed by atoms with Gasteiger partial charge in [-0.05, 0) is 81.6 Å². The van der Waals surface area contributed by atoms with Gasteiger partial charge in [-0.2, -0.15) is 0 Å². The molecule has 0 atom stereocenters. The predicted molar refractivity (Wildman–Crippen MR) is 210 cm³/mol. The zero-order chi connectivity index (χ0) is 33.7. The van der Waals surface area contributed by atoms with Gasteiger partial charge in [0.1, 0.15) is 22.4 Å². The number of nitrogens with zero attached hydrogens (tertiary/aromatic N) is 2. The number of fused-ring (bicyclic) bond motifs is 5. The molecule has 8 aromatic carbocycles. The SMILES string of the molecule is c1ccc(-c2ccc(N(c3cccc(-c4ccc5ccccc5c4)c3)c3c4oc(-c5ccccc5)nc4cc4oc5ccccc5c34)cc2)cc1. The maximum Gasteiger partial charge on any atom is 0.227 e. The van der Waals surface area contributed by atoms with E-state index in [9.17, 15) is 0 Å². The van der Waals surface area contributed by atoms with Crippen molar-refractivity contribution < 1.29 is 8.83 Å². The molecule has 2 heterocycles. The van der Waals surface area contributed by atoms with Crippen molar-refractivity contribution in [3.8, 4) is 33.7 Å². The maximum atomic E-state index is 6.80. The van der Waals surface area contributed by atoms with Crippen molar-refractivity contribution in [2.75, 3.05) is 4.90 Å². The molecule has 0 saturated carbocycles. The quantitative estimate of drug-likeness (QED) is 0.179. The van der Waals surface area contributed by atoms with Crippen molar-refractivity contribution in [2.45, 2.75) is 0 Å². The Morgan fingerprint density at radius 3 is 1.88 bits per heavy atom. The molecule has 4 heteroatoms. The summed E-state index contributed by atoms with van der Waals surface area (Å²) in [4.78, 5) is 7.33. The third-order valence-electron chi connectivity index (χ3n) is 9.66. The van der Waals surface area contributed by atoms with Crippen LogP contribution in [0.25, 0.3) is 77.5 Å². The topological polar surface area (TPSA) is 42.4 Å². The van der Waals surface area contributed by atoms with E-state index >= 15 is 0 Å². The minimum Gasteiger partial charge on any atom is -0.456 e. The summed E-state index contributed by atoms with van der Waals surface area (Å²) < 4.78 is 13.3. The van der Waals surface area contributed by atoms with Gasteiger partial charge in [-0.3, -0.25) is 0 Å². The summed E-state index contributed by atoms with van der Waals surface area (Å²) in [6.45, 7) is 0. The second kappa shape index (κ2) is 11.9. The van der Waals surface area contributed by atoms with Gasteiger partial charge in [-0.25, -0.2) is 4.98 Å². The van der Waals surface area contributed by atoms with E-state index in [1.54, 1.807) is 0 Å². The Morgan fingerprint density at radius 1 is 0.412 bits per heavy atom. The fourth-order valence-electron chi connectivity index (χ4n) is 7.20. The maximum absolute atomic E-state index is 6.80. The number of para-hydroxylation sites is 1. The van der Waals surface area contributed by atoms with Gasteiger partial charge >= 0.3 is 0 Å². The van der Waals surface area contributed by atoms with Gasteiger partial charge < -0.3 is 13.7 Å². The van der Waals surface area contributed by atoms with Crippen LogP contribution in [0.5, 0.6) is 0 Å². The predicted octanol–water partition coefficient (Wildman–Crippen LogP) is 13.4. The molecule has 2 aromatic heterocycles. The molecule has 240 valence electrons. The monoisotopic (exact) mass is 654 g/mol. The van der Waals surface area contributed by atoms with Crippen LogP contribution in [0.2, 0.25) is 0 Å². The zero-order valence-electron chi connectivity index (χ0n) is 27.5. The first kappa shape index (κ1) is 29.0. The Morgan fingerprint density at radius 2 is 1.06 bits per heavy atom. The summed E-state index contributed by atoms with van der Waals surface area (Å²) in [5.74, 6) is 0.563. The van der Waals surface area contributed by atoms with Crippen LogP contribution in [0.15, 0.2) is 191 Å². The third kappa shape index (κ3) is 5.04. The molecule has 0 unspecified atom stereocenters. The molecule has 0 aliphatic carbocycles. The Labute approximate surface area is 294 Å². The lowest BCUT2D eigenvalue weighted by molar-refractivity contribution is 0.620. The first-order chi connectivity index (χ1) is 25.3. The van der Waals surface area contributed by atoms with Gasteiger partial charge in [-0.1, -0.05) is 127 Å². The fraction of sp³-hybridized carbons (Fsp3) is 0. The molecule has 10 aromatic rings. The first-order valence-electron chi connectivity index (χ1n) is 17.1. The molecule has 4 nitrogen and oxygen atoms in total. The number of oxazole rings is 1. The van der Waals surface area contributed by atoms with Crippen molar-refractivity contribution in [3.05, 3.63) is 182 Å². The largest absolute Gasteiger partial charge is 0.456 e. The Balaban J connectivity index is 1.25. The van der Waals surface area contributed by atoms with E-state index < -0.39 is 0 Å². The van der Waals surface area contributed by atoms with Crippen LogP contribution in [0.3, 0.4) is 0 Å². The molecule has 0 fully saturated rings. The molecule has 51 heavy (non-hydrogen) atoms. The highest BCUT2D eigenvalue weighted by Gasteiger charge is 2.26. The summed E-state index contributed by atoms with van der Waals surface area (Å²) in [5, 5.41) is 4.41. The van der Waals surface area contributed by atoms with E-state index in [0.29, 0.717) is 11.5 Å². The van der Waals surface area contributed by atoms with E-state index in [0.717, 1.165) is 66.8 Å². The highest BCUT2D eigenvalue weighted by molar-refractivity contribution is 6.20. The molecule has 10 rings (SSSR count). The molecule has 0 radical (unpaired) electrons. The summed E-state index contributed by atoms with van der Waals surface area (Å²) in [7, 11) is 0. The van der Waals surface area contributed by atoms with Crippen molar-refractivity contribution >= 4 is 60.9 Å². The summed E-state index contributed by atoms with van der Waals surface area (Å²) in [5.41, 5.74) is 11.3. The molecule has 0 saturated heterocycles. The van der Waals surface area contributed by atoms with Crippen molar-refractivity contribution in [1.82, 2.24) is 4.98 Å². The summed E-state index contributed by atoms with van der Waals surface area (Å²) >= 11 is 0. The summed E-state index contributed by atoms with van der Waals surface area (Å²) in [6.07, 6.45) is 0. The average Bonchev–Trinajstić information content (AvgIpc) is 3.80. The molecular weight excluding hydrogens is 625 g/mol. The molecule has 0 amide bonds. The van der Waals surface area contributed by atoms with Crippen molar-refractivity contribution in [3.63, 3.8) is 0 Å². The standard InChI is InChI=1S/C47H30N2O2/c1-3-12-31(13-4-1)33-24-26-38(27-25-33)49(39-19-11-18-36(29-39)37-23-22-32-14-7-8-17-35(32)28-37)45-44-40-20-9-10-21-42(40)50-43(44)30-41-46(45)51-47(48-41)34-15-5-2-6-16-34/h1-30H. The number of rotatable bonds is 6. The van der Waals surface area contributed by atoms with Gasteiger partial charge in [0, 0.05) is 28.4 Å². The zero-order valence-corrected chi connectivity index (χ0v) is 27.5. The number of hydrogen-bond acceptors (Lipinski definition) is 4. The van der Waals surface area contributed by atoms with E-state index in [4.69, 9.17) is 13.8 Å². The highest BCUT2D eigenvalue weighted by Crippen LogP contribution is 2.48. The van der Waals surface area contributed by atoms with Crippen LogP contribution in [0.1, 0.15) is 0 Å². The number of benzene rings is 8. The van der Waals surface area contributed by atoms with Crippen LogP contribution in [-0.4, -0.2) is 4.98 Å². The molecule has 0 aliphatic heterocycles. The van der Waals surface area contributed by atoms with Crippen LogP contribution in [0.4, 0.5) is 17.1 Å². The van der Waals surface area contributed by atoms with Crippen LogP contribution >= 0.6 is 0 Å². The second-order valence-corrected chi connectivity index (χ2v) is 12.8. The van der Waals surface area contributed by atoms with Crippen molar-refractivity contribution in [2.24, 2.45) is 0 Å². The van der Waals surface area contributed by atoms with Gasteiger partial charge in [0.2, 0.25) is 5.89 Å². The number of anilines is 3. The average molecular weight is 655 g/mol. The van der Waals surface area contributed by atoms with E-state index in [1.807, 2.05) is 54.6 Å². The third-order valence-corrected chi connectivity index (χ3v) is 9.66. The second-order valence-electron chi connectivity index (χ2n) is 12.8. The number of hydrogen-bond donors (Lipinski definition) is 0. The summed E-state index contributed by atoms with van der Waals surface area (Å²) in [6, 6.07) is 63.4. The Bertz CT molecular complexity index is 2850. The lowest BCUT2D eigenvalue weighted by atomic mass is 10.00. The van der Waals surface area contributed by atoms with E-state index in [-0.39, 0.29) is 0 Å². The molecule has 0 aliphatic rings. The Hall–Kier alpha value is -6.91. The minimum absolute atomic E-state index is 0.563. The lowest BCUT2D eigenvalue weighted by Crippen LogP contribution is -2.11. The fourth-order valence-corrected chi connectivity index (χ4v) is 7.20. The molecule has 0 bridgehead atoms. The first-order valence-corrected chi connectivity index (χ1v) is 17.1. The lowest BCUT2D eigenvalue weighted by Gasteiger charge is -2.27. The van der Waals surface area contributed by atoms with E-state index in [1.165, 1.54) is 16.3 Å². The minimum atomic E-state index is 0.563. The molecular formula is C47H30N2O2. The smallest absolute Gasteiger partial charge is 0.227 e. The number of furan rings is 1. The van der Waals surface area contributed by atoms with E-state index in [2.05, 4.69) is 132 Å². The van der Waals surface area contributed by atoms with Crippen LogP contribution in [0, 0.1) is 0 Å². The normalized spacial score (nSPS) is 11.5. The van der Waals surface area contributed by atoms with Gasteiger partial charge in [0.05, 0.1) is 5.39 Å².